The average molecular weight is 575 g/mol. The second-order valence-electron chi connectivity index (χ2n) is 9.22. The fraction of sp³-hybridized carbons (Fsp3) is 0.286. The molecule has 0 aliphatic carbocycles. The number of nitrogens with one attached hydrogen (secondary N) is 2. The Labute approximate surface area is 233 Å². The van der Waals surface area contributed by atoms with Crippen LogP contribution < -0.4 is 10.6 Å². The highest BCUT2D eigenvalue weighted by atomic mass is 35.5. The van der Waals surface area contributed by atoms with Crippen molar-refractivity contribution in [2.75, 3.05) is 25.0 Å². The Balaban J connectivity index is 1.38. The van der Waals surface area contributed by atoms with Gasteiger partial charge in [-0.05, 0) is 54.7 Å². The Morgan fingerprint density at radius 2 is 1.71 bits per heavy atom. The Bertz CT molecular complexity index is 1400. The maximum Gasteiger partial charge on any atom is 0.253 e. The SMILES string of the molecule is O=C(NCCc1ccccc1)c1ccccc1NC(=O)C1CCCN(S(=O)(=O)Cc2ccc(Cl)cc2Cl)C1. The highest BCUT2D eigenvalue weighted by Gasteiger charge is 2.33. The van der Waals surface area contributed by atoms with Crippen molar-refractivity contribution < 1.29 is 18.0 Å². The molecule has 0 aromatic heterocycles. The van der Waals surface area contributed by atoms with E-state index in [1.54, 1.807) is 36.4 Å². The van der Waals surface area contributed by atoms with E-state index >= 15 is 0 Å². The van der Waals surface area contributed by atoms with Crippen molar-refractivity contribution in [2.24, 2.45) is 5.92 Å². The van der Waals surface area contributed by atoms with Gasteiger partial charge in [-0.15, -0.1) is 0 Å². The summed E-state index contributed by atoms with van der Waals surface area (Å²) >= 11 is 12.1. The summed E-state index contributed by atoms with van der Waals surface area (Å²) in [5, 5.41) is 6.46. The second kappa shape index (κ2) is 12.8. The summed E-state index contributed by atoms with van der Waals surface area (Å²) in [5.41, 5.74) is 2.31. The Morgan fingerprint density at radius 1 is 0.974 bits per heavy atom. The van der Waals surface area contributed by atoms with Gasteiger partial charge in [-0.1, -0.05) is 71.7 Å². The van der Waals surface area contributed by atoms with Crippen LogP contribution in [-0.2, 0) is 27.0 Å². The summed E-state index contributed by atoms with van der Waals surface area (Å²) in [6.45, 7) is 0.848. The molecule has 1 fully saturated rings. The van der Waals surface area contributed by atoms with E-state index in [1.165, 1.54) is 10.4 Å². The van der Waals surface area contributed by atoms with E-state index in [1.807, 2.05) is 30.3 Å². The van der Waals surface area contributed by atoms with E-state index in [0.717, 1.165) is 5.56 Å². The quantitative estimate of drug-likeness (QED) is 0.370. The van der Waals surface area contributed by atoms with Gasteiger partial charge in [0.25, 0.3) is 5.91 Å². The van der Waals surface area contributed by atoms with E-state index in [4.69, 9.17) is 23.2 Å². The van der Waals surface area contributed by atoms with Crippen LogP contribution in [0.1, 0.15) is 34.3 Å². The number of amides is 2. The number of sulfonamides is 1. The van der Waals surface area contributed by atoms with Gasteiger partial charge in [-0.2, -0.15) is 0 Å². The fourth-order valence-corrected chi connectivity index (χ4v) is 6.62. The highest BCUT2D eigenvalue weighted by Crippen LogP contribution is 2.27. The third kappa shape index (κ3) is 7.35. The minimum Gasteiger partial charge on any atom is -0.352 e. The number of hydrogen-bond acceptors (Lipinski definition) is 4. The second-order valence-corrected chi connectivity index (χ2v) is 12.0. The summed E-state index contributed by atoms with van der Waals surface area (Å²) in [7, 11) is -3.70. The van der Waals surface area contributed by atoms with E-state index < -0.39 is 15.9 Å². The van der Waals surface area contributed by atoms with Gasteiger partial charge >= 0.3 is 0 Å². The molecule has 10 heteroatoms. The first kappa shape index (κ1) is 28.1. The van der Waals surface area contributed by atoms with Crippen molar-refractivity contribution in [3.63, 3.8) is 0 Å². The molecule has 1 aliphatic heterocycles. The molecule has 38 heavy (non-hydrogen) atoms. The molecule has 0 bridgehead atoms. The molecular formula is C28H29Cl2N3O4S. The van der Waals surface area contributed by atoms with Gasteiger partial charge in [0.15, 0.2) is 0 Å². The third-order valence-corrected chi connectivity index (χ3v) is 8.85. The summed E-state index contributed by atoms with van der Waals surface area (Å²) in [4.78, 5) is 26.0. The number of halogens is 2. The molecule has 7 nitrogen and oxygen atoms in total. The first-order chi connectivity index (χ1) is 18.2. The molecule has 2 amide bonds. The predicted octanol–water partition coefficient (Wildman–Crippen LogP) is 5.15. The Hall–Kier alpha value is -2.91. The van der Waals surface area contributed by atoms with Gasteiger partial charge in [-0.3, -0.25) is 9.59 Å². The number of benzene rings is 3. The lowest BCUT2D eigenvalue weighted by atomic mass is 9.98. The van der Waals surface area contributed by atoms with Crippen molar-refractivity contribution in [1.82, 2.24) is 9.62 Å². The van der Waals surface area contributed by atoms with Crippen LogP contribution in [0.5, 0.6) is 0 Å². The molecule has 0 saturated carbocycles. The lowest BCUT2D eigenvalue weighted by molar-refractivity contribution is -0.120. The van der Waals surface area contributed by atoms with Crippen LogP contribution in [0, 0.1) is 5.92 Å². The third-order valence-electron chi connectivity index (χ3n) is 6.47. The topological polar surface area (TPSA) is 95.6 Å². The largest absolute Gasteiger partial charge is 0.352 e. The van der Waals surface area contributed by atoms with Crippen LogP contribution in [0.15, 0.2) is 72.8 Å². The first-order valence-corrected chi connectivity index (χ1v) is 14.7. The van der Waals surface area contributed by atoms with Crippen molar-refractivity contribution in [3.8, 4) is 0 Å². The summed E-state index contributed by atoms with van der Waals surface area (Å²) < 4.78 is 27.6. The molecule has 1 saturated heterocycles. The zero-order valence-corrected chi connectivity index (χ0v) is 23.0. The van der Waals surface area contributed by atoms with Gasteiger partial charge in [0.2, 0.25) is 15.9 Å². The number of carbonyl (C=O) groups is 2. The maximum atomic E-state index is 13.2. The molecule has 3 aromatic carbocycles. The van der Waals surface area contributed by atoms with Gasteiger partial charge in [0.1, 0.15) is 0 Å². The molecule has 1 aliphatic rings. The smallest absolute Gasteiger partial charge is 0.253 e. The Morgan fingerprint density at radius 3 is 2.47 bits per heavy atom. The monoisotopic (exact) mass is 573 g/mol. The normalized spacial score (nSPS) is 16.1. The van der Waals surface area contributed by atoms with Crippen LogP contribution in [0.25, 0.3) is 0 Å². The van der Waals surface area contributed by atoms with Crippen LogP contribution in [0.4, 0.5) is 5.69 Å². The number of nitrogens with zero attached hydrogens (tertiary/aromatic N) is 1. The standard InChI is InChI=1S/C28H29Cl2N3O4S/c29-23-13-12-22(25(30)17-23)19-38(36,37)33-16-6-9-21(18-33)27(34)32-26-11-5-4-10-24(26)28(35)31-15-14-20-7-2-1-3-8-20/h1-5,7-8,10-13,17,21H,6,9,14-16,18-19H2,(H,31,35)(H,32,34). The number of rotatable bonds is 9. The lowest BCUT2D eigenvalue weighted by Gasteiger charge is -2.31. The van der Waals surface area contributed by atoms with E-state index in [2.05, 4.69) is 10.6 Å². The molecule has 0 radical (unpaired) electrons. The predicted molar refractivity (Wildman–Crippen MR) is 151 cm³/mol. The maximum absolute atomic E-state index is 13.2. The Kier molecular flexibility index (Phi) is 9.44. The van der Waals surface area contributed by atoms with E-state index in [9.17, 15) is 18.0 Å². The molecule has 1 heterocycles. The zero-order chi connectivity index (χ0) is 27.1. The summed E-state index contributed by atoms with van der Waals surface area (Å²) in [6, 6.07) is 21.3. The molecule has 200 valence electrons. The van der Waals surface area contributed by atoms with Crippen LogP contribution in [-0.4, -0.2) is 44.2 Å². The lowest BCUT2D eigenvalue weighted by Crippen LogP contribution is -2.44. The molecular weight excluding hydrogens is 545 g/mol. The fourth-order valence-electron chi connectivity index (χ4n) is 4.42. The number of hydrogen-bond donors (Lipinski definition) is 2. The minimum atomic E-state index is -3.70. The number of carbonyl (C=O) groups excluding carboxylic acids is 2. The first-order valence-electron chi connectivity index (χ1n) is 12.4. The number of para-hydroxylation sites is 1. The van der Waals surface area contributed by atoms with Gasteiger partial charge in [-0.25, -0.2) is 12.7 Å². The zero-order valence-electron chi connectivity index (χ0n) is 20.7. The number of piperidine rings is 1. The molecule has 3 aromatic rings. The van der Waals surface area contributed by atoms with Crippen LogP contribution in [0.3, 0.4) is 0 Å². The molecule has 2 N–H and O–H groups in total. The highest BCUT2D eigenvalue weighted by molar-refractivity contribution is 7.88. The molecule has 1 atom stereocenters. The van der Waals surface area contributed by atoms with E-state index in [0.29, 0.717) is 54.2 Å². The summed E-state index contributed by atoms with van der Waals surface area (Å²) in [6.07, 6.45) is 1.78. The van der Waals surface area contributed by atoms with Crippen LogP contribution >= 0.6 is 23.2 Å². The van der Waals surface area contributed by atoms with Crippen molar-refractivity contribution in [3.05, 3.63) is 99.5 Å². The van der Waals surface area contributed by atoms with Gasteiger partial charge < -0.3 is 10.6 Å². The molecule has 1 unspecified atom stereocenters. The minimum absolute atomic E-state index is 0.0603. The number of anilines is 1. The molecule has 0 spiro atoms. The van der Waals surface area contributed by atoms with Crippen LogP contribution in [0.2, 0.25) is 10.0 Å². The van der Waals surface area contributed by atoms with Gasteiger partial charge in [0.05, 0.1) is 22.9 Å². The van der Waals surface area contributed by atoms with Crippen molar-refractivity contribution in [2.45, 2.75) is 25.0 Å². The molecule has 4 rings (SSSR count). The van der Waals surface area contributed by atoms with Crippen molar-refractivity contribution >= 4 is 50.7 Å². The average Bonchev–Trinajstić information content (AvgIpc) is 2.91. The van der Waals surface area contributed by atoms with Gasteiger partial charge in [0, 0.05) is 29.7 Å². The van der Waals surface area contributed by atoms with E-state index in [-0.39, 0.29) is 29.1 Å². The van der Waals surface area contributed by atoms with Crippen molar-refractivity contribution in [1.29, 1.82) is 0 Å². The summed E-state index contributed by atoms with van der Waals surface area (Å²) in [5.74, 6) is -1.43.